The standard InChI is InChI=1S/C35H34F2N6O2/c1-3-25-28(36)9-6-21-12-24(44)13-26(29(21)25)31-30(37)32-27(15-38-31)33(42-17-22-7-8-23(18-42)39-22)41-34(40-32)45-19-35-10-4-5-11-43(35)16-20(2)14-35/h1,6,9,12-13,15,22-23,39,44H,2,4-5,7-8,10-11,14,16-19H2/t22-,23+,35?. The van der Waals surface area contributed by atoms with Crippen LogP contribution in [0.1, 0.15) is 44.1 Å². The van der Waals surface area contributed by atoms with Crippen molar-refractivity contribution in [3.05, 3.63) is 59.8 Å². The van der Waals surface area contributed by atoms with E-state index in [2.05, 4.69) is 37.6 Å². The van der Waals surface area contributed by atoms with Crippen LogP contribution >= 0.6 is 0 Å². The van der Waals surface area contributed by atoms with Crippen molar-refractivity contribution >= 4 is 27.5 Å². The van der Waals surface area contributed by atoms with E-state index in [1.54, 1.807) is 6.20 Å². The molecule has 2 aromatic carbocycles. The van der Waals surface area contributed by atoms with Gasteiger partial charge in [0.05, 0.1) is 16.5 Å². The molecule has 8 nitrogen and oxygen atoms in total. The van der Waals surface area contributed by atoms with Crippen LogP contribution < -0.4 is 15.0 Å². The topological polar surface area (TPSA) is 86.6 Å². The number of nitrogens with zero attached hydrogens (tertiary/aromatic N) is 5. The summed E-state index contributed by atoms with van der Waals surface area (Å²) in [6.07, 6.45) is 13.5. The second-order valence-corrected chi connectivity index (χ2v) is 13.0. The van der Waals surface area contributed by atoms with Crippen molar-refractivity contribution in [2.75, 3.05) is 37.7 Å². The number of pyridine rings is 1. The van der Waals surface area contributed by atoms with E-state index in [1.165, 1.54) is 29.8 Å². The van der Waals surface area contributed by atoms with Gasteiger partial charge in [0.25, 0.3) is 0 Å². The number of aromatic nitrogens is 3. The van der Waals surface area contributed by atoms with Crippen LogP contribution in [0.4, 0.5) is 14.6 Å². The van der Waals surface area contributed by atoms with Crippen molar-refractivity contribution in [1.82, 2.24) is 25.2 Å². The number of ether oxygens (including phenoxy) is 1. The van der Waals surface area contributed by atoms with Gasteiger partial charge in [0.1, 0.15) is 35.2 Å². The number of anilines is 1. The molecule has 4 aromatic rings. The minimum atomic E-state index is -0.718. The molecule has 0 amide bonds. The van der Waals surface area contributed by atoms with E-state index in [-0.39, 0.29) is 39.6 Å². The average molecular weight is 609 g/mol. The lowest BCUT2D eigenvalue weighted by Crippen LogP contribution is -2.52. The van der Waals surface area contributed by atoms with Gasteiger partial charge in [0.2, 0.25) is 0 Å². The van der Waals surface area contributed by atoms with E-state index in [0.29, 0.717) is 40.7 Å². The zero-order valence-corrected chi connectivity index (χ0v) is 25.0. The Morgan fingerprint density at radius 3 is 2.78 bits per heavy atom. The summed E-state index contributed by atoms with van der Waals surface area (Å²) in [7, 11) is 0. The van der Waals surface area contributed by atoms with E-state index >= 15 is 4.39 Å². The number of benzene rings is 2. The lowest BCUT2D eigenvalue weighted by Gasteiger charge is -2.41. The maximum absolute atomic E-state index is 16.8. The molecule has 0 saturated carbocycles. The Balaban J connectivity index is 1.27. The predicted octanol–water partition coefficient (Wildman–Crippen LogP) is 5.31. The Kier molecular flexibility index (Phi) is 6.66. The number of terminal acetylenes is 1. The molecule has 2 N–H and O–H groups in total. The third-order valence-corrected chi connectivity index (χ3v) is 10.1. The number of hydrogen-bond donors (Lipinski definition) is 2. The third-order valence-electron chi connectivity index (χ3n) is 10.1. The molecule has 0 radical (unpaired) electrons. The zero-order chi connectivity index (χ0) is 30.9. The Morgan fingerprint density at radius 2 is 1.98 bits per heavy atom. The maximum atomic E-state index is 16.8. The summed E-state index contributed by atoms with van der Waals surface area (Å²) in [4.78, 5) is 18.7. The van der Waals surface area contributed by atoms with Crippen LogP contribution in [0.2, 0.25) is 0 Å². The molecular weight excluding hydrogens is 574 g/mol. The van der Waals surface area contributed by atoms with E-state index in [9.17, 15) is 9.50 Å². The first-order chi connectivity index (χ1) is 21.8. The molecular formula is C35H34F2N6O2. The molecule has 4 aliphatic rings. The van der Waals surface area contributed by atoms with E-state index < -0.39 is 11.6 Å². The molecule has 10 heteroatoms. The fourth-order valence-corrected chi connectivity index (χ4v) is 8.04. The summed E-state index contributed by atoms with van der Waals surface area (Å²) in [5, 5.41) is 15.4. The number of aromatic hydroxyl groups is 1. The summed E-state index contributed by atoms with van der Waals surface area (Å²) in [5.41, 5.74) is 1.14. The highest BCUT2D eigenvalue weighted by Gasteiger charge is 2.45. The Morgan fingerprint density at radius 1 is 1.16 bits per heavy atom. The normalized spacial score (nSPS) is 24.7. The summed E-state index contributed by atoms with van der Waals surface area (Å²) >= 11 is 0. The van der Waals surface area contributed by atoms with E-state index in [4.69, 9.17) is 16.1 Å². The summed E-state index contributed by atoms with van der Waals surface area (Å²) in [6.45, 7) is 7.95. The van der Waals surface area contributed by atoms with Crippen molar-refractivity contribution in [3.8, 4) is 35.4 Å². The van der Waals surface area contributed by atoms with Crippen LogP contribution in [-0.4, -0.2) is 75.4 Å². The highest BCUT2D eigenvalue weighted by molar-refractivity contribution is 6.03. The van der Waals surface area contributed by atoms with Gasteiger partial charge in [-0.2, -0.15) is 9.97 Å². The van der Waals surface area contributed by atoms with Crippen LogP contribution in [-0.2, 0) is 0 Å². The average Bonchev–Trinajstić information content (AvgIpc) is 3.56. The van der Waals surface area contributed by atoms with Gasteiger partial charge in [-0.1, -0.05) is 30.6 Å². The molecule has 6 heterocycles. The van der Waals surface area contributed by atoms with Crippen LogP contribution in [0, 0.1) is 24.0 Å². The third kappa shape index (κ3) is 4.68. The number of fused-ring (bicyclic) bond motifs is 5. The van der Waals surface area contributed by atoms with Crippen LogP contribution in [0.5, 0.6) is 11.8 Å². The van der Waals surface area contributed by atoms with Crippen molar-refractivity contribution in [2.45, 2.75) is 56.1 Å². The molecule has 45 heavy (non-hydrogen) atoms. The molecule has 2 aromatic heterocycles. The molecule has 230 valence electrons. The zero-order valence-electron chi connectivity index (χ0n) is 25.0. The second kappa shape index (κ2) is 10.6. The van der Waals surface area contributed by atoms with Gasteiger partial charge < -0.3 is 20.1 Å². The van der Waals surface area contributed by atoms with Crippen molar-refractivity contribution < 1.29 is 18.6 Å². The first kappa shape index (κ1) is 28.2. The van der Waals surface area contributed by atoms with Gasteiger partial charge in [0.15, 0.2) is 5.82 Å². The minimum absolute atomic E-state index is 0.0260. The minimum Gasteiger partial charge on any atom is -0.508 e. The van der Waals surface area contributed by atoms with Crippen LogP contribution in [0.3, 0.4) is 0 Å². The Labute approximate surface area is 260 Å². The van der Waals surface area contributed by atoms with Gasteiger partial charge in [-0.15, -0.1) is 6.42 Å². The van der Waals surface area contributed by atoms with Gasteiger partial charge in [-0.05, 0) is 62.2 Å². The smallest absolute Gasteiger partial charge is 0.319 e. The molecule has 0 spiro atoms. The highest BCUT2D eigenvalue weighted by atomic mass is 19.1. The Bertz CT molecular complexity index is 1910. The van der Waals surface area contributed by atoms with Crippen LogP contribution in [0.15, 0.2) is 42.6 Å². The fourth-order valence-electron chi connectivity index (χ4n) is 8.04. The van der Waals surface area contributed by atoms with E-state index in [0.717, 1.165) is 64.7 Å². The monoisotopic (exact) mass is 608 g/mol. The second-order valence-electron chi connectivity index (χ2n) is 13.0. The lowest BCUT2D eigenvalue weighted by molar-refractivity contribution is 0.0388. The largest absolute Gasteiger partial charge is 0.508 e. The van der Waals surface area contributed by atoms with Gasteiger partial charge in [-0.25, -0.2) is 8.78 Å². The summed E-state index contributed by atoms with van der Waals surface area (Å²) < 4.78 is 38.0. The van der Waals surface area contributed by atoms with E-state index in [1.807, 2.05) is 0 Å². The van der Waals surface area contributed by atoms with Gasteiger partial charge >= 0.3 is 6.01 Å². The number of halogens is 2. The lowest BCUT2D eigenvalue weighted by atomic mass is 9.86. The maximum Gasteiger partial charge on any atom is 0.319 e. The van der Waals surface area contributed by atoms with Gasteiger partial charge in [0, 0.05) is 48.9 Å². The molecule has 3 atom stereocenters. The molecule has 8 rings (SSSR count). The first-order valence-corrected chi connectivity index (χ1v) is 15.7. The predicted molar refractivity (Wildman–Crippen MR) is 169 cm³/mol. The molecule has 1 unspecified atom stereocenters. The number of piperidine rings is 1. The number of phenols is 1. The highest BCUT2D eigenvalue weighted by Crippen LogP contribution is 2.42. The fraction of sp³-hybridized carbons (Fsp3) is 0.400. The molecule has 0 aliphatic carbocycles. The number of phenolic OH excluding ortho intramolecular Hbond substituents is 1. The number of piperazine rings is 1. The number of hydrogen-bond acceptors (Lipinski definition) is 8. The summed E-state index contributed by atoms with van der Waals surface area (Å²) in [5.74, 6) is 1.52. The first-order valence-electron chi connectivity index (χ1n) is 15.7. The molecule has 2 bridgehead atoms. The SMILES string of the molecule is C#Cc1c(F)ccc2cc(O)cc(-c3ncc4c(N5C[C@H]6CC[C@@H](C5)N6)nc(OCC56CCCCN5CC(=C)C6)nc4c3F)c12. The Hall–Kier alpha value is -4.33. The summed E-state index contributed by atoms with van der Waals surface area (Å²) in [6, 6.07) is 6.32. The van der Waals surface area contributed by atoms with Crippen LogP contribution in [0.25, 0.3) is 32.9 Å². The molecule has 4 saturated heterocycles. The molecule has 4 fully saturated rings. The van der Waals surface area contributed by atoms with Crippen molar-refractivity contribution in [3.63, 3.8) is 0 Å². The number of rotatable bonds is 5. The quantitative estimate of drug-likeness (QED) is 0.233. The molecule has 4 aliphatic heterocycles. The van der Waals surface area contributed by atoms with Gasteiger partial charge in [-0.3, -0.25) is 9.88 Å². The van der Waals surface area contributed by atoms with Crippen molar-refractivity contribution in [1.29, 1.82) is 0 Å². The van der Waals surface area contributed by atoms with Crippen molar-refractivity contribution in [2.24, 2.45) is 0 Å². The number of nitrogens with one attached hydrogen (secondary N) is 1.